The van der Waals surface area contributed by atoms with Crippen molar-refractivity contribution in [3.8, 4) is 0 Å². The van der Waals surface area contributed by atoms with Gasteiger partial charge in [0.2, 0.25) is 0 Å². The topological polar surface area (TPSA) is 24.1 Å². The summed E-state index contributed by atoms with van der Waals surface area (Å²) in [5.74, 6) is 2.79. The summed E-state index contributed by atoms with van der Waals surface area (Å²) in [6.45, 7) is 0. The summed E-state index contributed by atoms with van der Waals surface area (Å²) >= 11 is 12.0. The first kappa shape index (κ1) is 15.2. The standard InChI is InChI=1S/C20H23ClN2S/c21-16-4-2-1-3-15(16)17-8-18(23-19(24)22-17)20-9-12-5-13(10-20)7-14(6-12)11-20/h1-4,8,12-14,17H,5-7,9-11H2,(H2,22,23,24)/t12?,13?,14?,17-,20?/m0/s1. The van der Waals surface area contributed by atoms with Crippen LogP contribution in [0.25, 0.3) is 0 Å². The van der Waals surface area contributed by atoms with Gasteiger partial charge in [-0.1, -0.05) is 29.8 Å². The van der Waals surface area contributed by atoms with E-state index in [9.17, 15) is 0 Å². The van der Waals surface area contributed by atoms with Crippen LogP contribution in [0.1, 0.15) is 50.1 Å². The molecular formula is C20H23ClN2S. The van der Waals surface area contributed by atoms with Crippen LogP contribution in [0.3, 0.4) is 0 Å². The normalized spacial score (nSPS) is 40.0. The molecule has 5 aliphatic rings. The Morgan fingerprint density at radius 1 is 1.00 bits per heavy atom. The molecule has 1 heterocycles. The molecule has 4 bridgehead atoms. The lowest BCUT2D eigenvalue weighted by molar-refractivity contribution is -0.0331. The summed E-state index contributed by atoms with van der Waals surface area (Å²) in [7, 11) is 0. The highest BCUT2D eigenvalue weighted by Gasteiger charge is 2.53. The fraction of sp³-hybridized carbons (Fsp3) is 0.550. The molecule has 0 spiro atoms. The van der Waals surface area contributed by atoms with Gasteiger partial charge >= 0.3 is 0 Å². The number of thiocarbonyl (C=S) groups is 1. The Balaban J connectivity index is 1.53. The molecule has 24 heavy (non-hydrogen) atoms. The molecule has 0 aromatic heterocycles. The minimum Gasteiger partial charge on any atom is -0.352 e. The third-order valence-corrected chi connectivity index (χ3v) is 7.28. The van der Waals surface area contributed by atoms with E-state index < -0.39 is 0 Å². The molecule has 4 aliphatic carbocycles. The molecule has 4 fully saturated rings. The minimum absolute atomic E-state index is 0.0791. The Hall–Kier alpha value is -1.06. The van der Waals surface area contributed by atoms with Crippen molar-refractivity contribution < 1.29 is 0 Å². The van der Waals surface area contributed by atoms with Gasteiger partial charge in [0.25, 0.3) is 0 Å². The summed E-state index contributed by atoms with van der Waals surface area (Å²) in [5.41, 5.74) is 2.82. The van der Waals surface area contributed by atoms with E-state index in [1.807, 2.05) is 18.2 Å². The van der Waals surface area contributed by atoms with E-state index in [1.165, 1.54) is 44.2 Å². The zero-order valence-electron chi connectivity index (χ0n) is 13.7. The number of allylic oxidation sites excluding steroid dienone is 1. The van der Waals surface area contributed by atoms with Crippen molar-refractivity contribution >= 4 is 28.9 Å². The minimum atomic E-state index is 0.0791. The number of hydrogen-bond acceptors (Lipinski definition) is 1. The van der Waals surface area contributed by atoms with Gasteiger partial charge in [-0.25, -0.2) is 0 Å². The molecule has 6 rings (SSSR count). The van der Waals surface area contributed by atoms with Crippen LogP contribution < -0.4 is 10.6 Å². The Morgan fingerprint density at radius 2 is 1.62 bits per heavy atom. The SMILES string of the molecule is S=C1NC(C23CC4CC(CC(C4)C2)C3)=C[C@@H](c2ccccc2Cl)N1. The van der Waals surface area contributed by atoms with E-state index in [2.05, 4.69) is 22.8 Å². The summed E-state index contributed by atoms with van der Waals surface area (Å²) in [6.07, 6.45) is 10.8. The quantitative estimate of drug-likeness (QED) is 0.731. The molecule has 4 saturated carbocycles. The lowest BCUT2D eigenvalue weighted by Crippen LogP contribution is -2.53. The van der Waals surface area contributed by atoms with Gasteiger partial charge in [0.05, 0.1) is 6.04 Å². The van der Waals surface area contributed by atoms with E-state index in [1.54, 1.807) is 0 Å². The van der Waals surface area contributed by atoms with E-state index in [0.717, 1.165) is 33.5 Å². The molecule has 4 heteroatoms. The average molecular weight is 359 g/mol. The van der Waals surface area contributed by atoms with Crippen LogP contribution in [0.2, 0.25) is 5.02 Å². The van der Waals surface area contributed by atoms with Crippen molar-refractivity contribution in [1.29, 1.82) is 0 Å². The van der Waals surface area contributed by atoms with Crippen LogP contribution in [-0.4, -0.2) is 5.11 Å². The summed E-state index contributed by atoms with van der Waals surface area (Å²) in [6, 6.07) is 8.17. The van der Waals surface area contributed by atoms with Crippen LogP contribution in [0.5, 0.6) is 0 Å². The Morgan fingerprint density at radius 3 is 2.25 bits per heavy atom. The number of halogens is 1. The summed E-state index contributed by atoms with van der Waals surface area (Å²) in [4.78, 5) is 0. The second kappa shape index (κ2) is 5.47. The molecule has 0 unspecified atom stereocenters. The van der Waals surface area contributed by atoms with Crippen molar-refractivity contribution in [1.82, 2.24) is 10.6 Å². The van der Waals surface area contributed by atoms with Gasteiger partial charge in [-0.2, -0.15) is 0 Å². The van der Waals surface area contributed by atoms with Crippen molar-refractivity contribution in [2.75, 3.05) is 0 Å². The molecule has 1 aromatic rings. The monoisotopic (exact) mass is 358 g/mol. The van der Waals surface area contributed by atoms with Crippen molar-refractivity contribution in [3.63, 3.8) is 0 Å². The summed E-state index contributed by atoms with van der Waals surface area (Å²) < 4.78 is 0. The fourth-order valence-electron chi connectivity index (χ4n) is 6.19. The molecule has 0 saturated heterocycles. The van der Waals surface area contributed by atoms with Gasteiger partial charge in [0.15, 0.2) is 5.11 Å². The predicted octanol–water partition coefficient (Wildman–Crippen LogP) is 4.96. The Kier molecular flexibility index (Phi) is 3.47. The average Bonchev–Trinajstić information content (AvgIpc) is 2.53. The number of hydrogen-bond donors (Lipinski definition) is 2. The molecule has 1 atom stereocenters. The Bertz CT molecular complexity index is 691. The van der Waals surface area contributed by atoms with Crippen molar-refractivity contribution in [2.24, 2.45) is 23.2 Å². The number of rotatable bonds is 2. The van der Waals surface area contributed by atoms with Crippen LogP contribution in [0, 0.1) is 23.2 Å². The molecular weight excluding hydrogens is 336 g/mol. The molecule has 0 amide bonds. The maximum Gasteiger partial charge on any atom is 0.171 e. The second-order valence-electron chi connectivity index (χ2n) is 8.38. The zero-order valence-corrected chi connectivity index (χ0v) is 15.3. The zero-order chi connectivity index (χ0) is 16.3. The molecule has 1 aliphatic heterocycles. The van der Waals surface area contributed by atoms with Gasteiger partial charge in [-0.05, 0) is 86.2 Å². The third-order valence-electron chi connectivity index (χ3n) is 6.72. The molecule has 2 N–H and O–H groups in total. The van der Waals surface area contributed by atoms with Gasteiger partial charge in [0.1, 0.15) is 0 Å². The maximum absolute atomic E-state index is 6.44. The first-order valence-electron chi connectivity index (χ1n) is 9.15. The lowest BCUT2D eigenvalue weighted by atomic mass is 9.48. The number of benzene rings is 1. The van der Waals surface area contributed by atoms with E-state index in [-0.39, 0.29) is 6.04 Å². The fourth-order valence-corrected chi connectivity index (χ4v) is 6.68. The van der Waals surface area contributed by atoms with Crippen molar-refractivity contribution in [2.45, 2.75) is 44.6 Å². The van der Waals surface area contributed by atoms with Crippen LogP contribution in [0.15, 0.2) is 36.0 Å². The van der Waals surface area contributed by atoms with Crippen LogP contribution in [-0.2, 0) is 0 Å². The largest absolute Gasteiger partial charge is 0.352 e. The van der Waals surface area contributed by atoms with Crippen LogP contribution >= 0.6 is 23.8 Å². The van der Waals surface area contributed by atoms with Gasteiger partial charge in [-0.3, -0.25) is 0 Å². The van der Waals surface area contributed by atoms with E-state index in [4.69, 9.17) is 23.8 Å². The second-order valence-corrected chi connectivity index (χ2v) is 9.19. The summed E-state index contributed by atoms with van der Waals surface area (Å²) in [5, 5.41) is 8.48. The van der Waals surface area contributed by atoms with Gasteiger partial charge in [-0.15, -0.1) is 0 Å². The molecule has 0 radical (unpaired) electrons. The highest BCUT2D eigenvalue weighted by Crippen LogP contribution is 2.62. The van der Waals surface area contributed by atoms with E-state index >= 15 is 0 Å². The van der Waals surface area contributed by atoms with Crippen molar-refractivity contribution in [3.05, 3.63) is 46.6 Å². The first-order chi connectivity index (χ1) is 11.6. The van der Waals surface area contributed by atoms with Gasteiger partial charge in [0, 0.05) is 16.1 Å². The highest BCUT2D eigenvalue weighted by molar-refractivity contribution is 7.80. The molecule has 1 aromatic carbocycles. The highest BCUT2D eigenvalue weighted by atomic mass is 35.5. The molecule has 126 valence electrons. The van der Waals surface area contributed by atoms with Crippen LogP contribution in [0.4, 0.5) is 0 Å². The third kappa shape index (κ3) is 2.40. The lowest BCUT2D eigenvalue weighted by Gasteiger charge is -2.58. The predicted molar refractivity (Wildman–Crippen MR) is 102 cm³/mol. The first-order valence-corrected chi connectivity index (χ1v) is 9.94. The Labute approximate surface area is 154 Å². The number of nitrogens with one attached hydrogen (secondary N) is 2. The smallest absolute Gasteiger partial charge is 0.171 e. The molecule has 2 nitrogen and oxygen atoms in total. The van der Waals surface area contributed by atoms with E-state index in [0.29, 0.717) is 5.41 Å². The maximum atomic E-state index is 6.44. The van der Waals surface area contributed by atoms with Gasteiger partial charge < -0.3 is 10.6 Å².